The molecular weight excluding hydrogens is 311 g/mol. The van der Waals surface area contributed by atoms with E-state index in [0.717, 1.165) is 0 Å². The minimum atomic E-state index is -0.450. The first kappa shape index (κ1) is 15.4. The van der Waals surface area contributed by atoms with Gasteiger partial charge in [-0.3, -0.25) is 4.79 Å². The third-order valence-corrected chi connectivity index (χ3v) is 3.08. The van der Waals surface area contributed by atoms with Crippen LogP contribution in [-0.4, -0.2) is 11.8 Å². The van der Waals surface area contributed by atoms with E-state index in [1.54, 1.807) is 42.5 Å². The second-order valence-electron chi connectivity index (χ2n) is 4.37. The number of benzene rings is 2. The van der Waals surface area contributed by atoms with Crippen LogP contribution in [0.25, 0.3) is 0 Å². The first-order valence-electron chi connectivity index (χ1n) is 6.09. The number of nitrogens with one attached hydrogen (secondary N) is 2. The molecule has 21 heavy (non-hydrogen) atoms. The van der Waals surface area contributed by atoms with Gasteiger partial charge in [-0.1, -0.05) is 35.3 Å². The van der Waals surface area contributed by atoms with Crippen LogP contribution in [0.4, 0.5) is 16.2 Å². The molecule has 0 radical (unpaired) electrons. The molecule has 0 atom stereocenters. The third kappa shape index (κ3) is 4.48. The van der Waals surface area contributed by atoms with Crippen molar-refractivity contribution in [1.82, 2.24) is 0 Å². The maximum Gasteiger partial charge on any atom is 0.323 e. The van der Waals surface area contributed by atoms with Gasteiger partial charge in [-0.25, -0.2) is 4.79 Å². The molecule has 0 heterocycles. The molecule has 2 aromatic rings. The zero-order valence-electron chi connectivity index (χ0n) is 11.1. The van der Waals surface area contributed by atoms with E-state index in [1.807, 2.05) is 0 Å². The Hall–Kier alpha value is -2.04. The first-order valence-corrected chi connectivity index (χ1v) is 6.85. The fourth-order valence-electron chi connectivity index (χ4n) is 1.74. The lowest BCUT2D eigenvalue weighted by molar-refractivity contribution is 0.101. The summed E-state index contributed by atoms with van der Waals surface area (Å²) >= 11 is 11.7. The number of Topliss-reactive ketones (excluding diaryl/α,β-unsaturated/α-hetero) is 1. The lowest BCUT2D eigenvalue weighted by atomic mass is 10.1. The molecule has 0 bridgehead atoms. The van der Waals surface area contributed by atoms with Crippen molar-refractivity contribution < 1.29 is 9.59 Å². The number of halogens is 2. The quantitative estimate of drug-likeness (QED) is 0.794. The molecule has 0 aliphatic rings. The van der Waals surface area contributed by atoms with Gasteiger partial charge in [0, 0.05) is 27.0 Å². The summed E-state index contributed by atoms with van der Waals surface area (Å²) in [5.41, 5.74) is 1.53. The number of urea groups is 1. The molecule has 0 spiro atoms. The van der Waals surface area contributed by atoms with Crippen LogP contribution in [-0.2, 0) is 0 Å². The van der Waals surface area contributed by atoms with Gasteiger partial charge in [0.1, 0.15) is 0 Å². The van der Waals surface area contributed by atoms with Gasteiger partial charge in [0.25, 0.3) is 0 Å². The van der Waals surface area contributed by atoms with Crippen LogP contribution in [0.15, 0.2) is 42.5 Å². The summed E-state index contributed by atoms with van der Waals surface area (Å²) in [4.78, 5) is 23.2. The summed E-state index contributed by atoms with van der Waals surface area (Å²) in [6.07, 6.45) is 0. The van der Waals surface area contributed by atoms with Gasteiger partial charge in [-0.05, 0) is 37.3 Å². The molecule has 0 saturated heterocycles. The maximum atomic E-state index is 11.9. The summed E-state index contributed by atoms with van der Waals surface area (Å²) in [5, 5.41) is 6.11. The minimum Gasteiger partial charge on any atom is -0.308 e. The van der Waals surface area contributed by atoms with Crippen LogP contribution in [0.3, 0.4) is 0 Å². The molecule has 108 valence electrons. The number of anilines is 2. The highest BCUT2D eigenvalue weighted by molar-refractivity contribution is 6.35. The van der Waals surface area contributed by atoms with Gasteiger partial charge in [0.15, 0.2) is 5.78 Å². The molecule has 0 aliphatic carbocycles. The van der Waals surface area contributed by atoms with E-state index in [4.69, 9.17) is 23.2 Å². The fraction of sp³-hybridized carbons (Fsp3) is 0.0667. The highest BCUT2D eigenvalue weighted by atomic mass is 35.5. The molecule has 2 rings (SSSR count). The van der Waals surface area contributed by atoms with E-state index in [9.17, 15) is 9.59 Å². The number of hydrogen-bond donors (Lipinski definition) is 2. The largest absolute Gasteiger partial charge is 0.323 e. The second kappa shape index (κ2) is 6.61. The number of carbonyl (C=O) groups is 2. The zero-order chi connectivity index (χ0) is 15.4. The Morgan fingerprint density at radius 2 is 1.52 bits per heavy atom. The molecule has 4 nitrogen and oxygen atoms in total. The standard InChI is InChI=1S/C15H12Cl2N2O2/c1-9(20)10-3-2-4-13(5-10)18-15(21)19-14-7-11(16)6-12(17)8-14/h2-8H,1H3,(H2,18,19,21). The summed E-state index contributed by atoms with van der Waals surface area (Å²) in [5.74, 6) is -0.0688. The Morgan fingerprint density at radius 1 is 0.905 bits per heavy atom. The maximum absolute atomic E-state index is 11.9. The smallest absolute Gasteiger partial charge is 0.308 e. The zero-order valence-corrected chi connectivity index (χ0v) is 12.6. The van der Waals surface area contributed by atoms with Crippen molar-refractivity contribution in [3.63, 3.8) is 0 Å². The van der Waals surface area contributed by atoms with Crippen molar-refractivity contribution in [3.05, 3.63) is 58.1 Å². The van der Waals surface area contributed by atoms with Crippen molar-refractivity contribution >= 4 is 46.4 Å². The van der Waals surface area contributed by atoms with Gasteiger partial charge in [-0.2, -0.15) is 0 Å². The minimum absolute atomic E-state index is 0.0688. The van der Waals surface area contributed by atoms with Gasteiger partial charge < -0.3 is 10.6 Å². The molecule has 0 fully saturated rings. The highest BCUT2D eigenvalue weighted by Gasteiger charge is 2.06. The Balaban J connectivity index is 2.08. The Bertz CT molecular complexity index is 682. The van der Waals surface area contributed by atoms with Crippen LogP contribution >= 0.6 is 23.2 Å². The van der Waals surface area contributed by atoms with Gasteiger partial charge in [0.2, 0.25) is 0 Å². The van der Waals surface area contributed by atoms with E-state index >= 15 is 0 Å². The summed E-state index contributed by atoms with van der Waals surface area (Å²) < 4.78 is 0. The van der Waals surface area contributed by atoms with Crippen molar-refractivity contribution in [2.75, 3.05) is 10.6 Å². The number of hydrogen-bond acceptors (Lipinski definition) is 2. The first-order chi connectivity index (χ1) is 9.94. The highest BCUT2D eigenvalue weighted by Crippen LogP contribution is 2.22. The van der Waals surface area contributed by atoms with Crippen LogP contribution in [0.2, 0.25) is 10.0 Å². The number of carbonyl (C=O) groups excluding carboxylic acids is 2. The Morgan fingerprint density at radius 3 is 2.14 bits per heavy atom. The monoisotopic (exact) mass is 322 g/mol. The normalized spacial score (nSPS) is 10.0. The lowest BCUT2D eigenvalue weighted by Gasteiger charge is -2.09. The molecule has 2 N–H and O–H groups in total. The molecule has 0 aromatic heterocycles. The van der Waals surface area contributed by atoms with Gasteiger partial charge >= 0.3 is 6.03 Å². The van der Waals surface area contributed by atoms with E-state index in [1.165, 1.54) is 6.92 Å². The predicted molar refractivity (Wildman–Crippen MR) is 85.5 cm³/mol. The van der Waals surface area contributed by atoms with Crippen molar-refractivity contribution in [2.45, 2.75) is 6.92 Å². The number of rotatable bonds is 3. The second-order valence-corrected chi connectivity index (χ2v) is 5.25. The summed E-state index contributed by atoms with van der Waals surface area (Å²) in [7, 11) is 0. The average molecular weight is 323 g/mol. The molecule has 2 aromatic carbocycles. The molecule has 0 saturated carbocycles. The number of ketones is 1. The molecule has 0 aliphatic heterocycles. The van der Waals surface area contributed by atoms with Crippen LogP contribution in [0.1, 0.15) is 17.3 Å². The topological polar surface area (TPSA) is 58.2 Å². The van der Waals surface area contributed by atoms with Crippen LogP contribution < -0.4 is 10.6 Å². The van der Waals surface area contributed by atoms with E-state index in [-0.39, 0.29) is 5.78 Å². The SMILES string of the molecule is CC(=O)c1cccc(NC(=O)Nc2cc(Cl)cc(Cl)c2)c1. The van der Waals surface area contributed by atoms with E-state index < -0.39 is 6.03 Å². The van der Waals surface area contributed by atoms with Gasteiger partial charge in [0.05, 0.1) is 0 Å². The summed E-state index contributed by atoms with van der Waals surface area (Å²) in [6, 6.07) is 11.0. The lowest BCUT2D eigenvalue weighted by Crippen LogP contribution is -2.19. The van der Waals surface area contributed by atoms with Crippen molar-refractivity contribution in [1.29, 1.82) is 0 Å². The third-order valence-electron chi connectivity index (χ3n) is 2.65. The van der Waals surface area contributed by atoms with Crippen molar-refractivity contribution in [2.24, 2.45) is 0 Å². The molecular formula is C15H12Cl2N2O2. The fourth-order valence-corrected chi connectivity index (χ4v) is 2.26. The van der Waals surface area contributed by atoms with Crippen LogP contribution in [0, 0.1) is 0 Å². The van der Waals surface area contributed by atoms with Gasteiger partial charge in [-0.15, -0.1) is 0 Å². The average Bonchev–Trinajstić information content (AvgIpc) is 2.37. The predicted octanol–water partition coefficient (Wildman–Crippen LogP) is 4.84. The van der Waals surface area contributed by atoms with E-state index in [2.05, 4.69) is 10.6 Å². The molecule has 0 unspecified atom stereocenters. The van der Waals surface area contributed by atoms with Crippen LogP contribution in [0.5, 0.6) is 0 Å². The Kier molecular flexibility index (Phi) is 4.83. The summed E-state index contributed by atoms with van der Waals surface area (Å²) in [6.45, 7) is 1.47. The van der Waals surface area contributed by atoms with Crippen molar-refractivity contribution in [3.8, 4) is 0 Å². The molecule has 6 heteroatoms. The number of amides is 2. The van der Waals surface area contributed by atoms with E-state index in [0.29, 0.717) is 27.0 Å². The molecule has 2 amide bonds. The Labute approximate surface area is 132 Å².